The standard InChI is InChI=1S/C24H22ClN5O2S/c1-15-14-33-24(28-15)30(20-7-5-4-6-8-20)22(31)13-32-23(16(2)27)17(3)29-19-10-9-18(12-26)21(25)11-19/h4-11,14H,13,27H2,1-3H3. The van der Waals surface area contributed by atoms with Gasteiger partial charge in [-0.25, -0.2) is 9.98 Å². The Bertz CT molecular complexity index is 1260. The molecule has 168 valence electrons. The second-order valence-electron chi connectivity index (χ2n) is 7.11. The Morgan fingerprint density at radius 3 is 2.58 bits per heavy atom. The molecule has 7 nitrogen and oxygen atoms in total. The van der Waals surface area contributed by atoms with E-state index in [1.807, 2.05) is 48.7 Å². The minimum absolute atomic E-state index is 0.265. The van der Waals surface area contributed by atoms with Crippen molar-refractivity contribution in [3.63, 3.8) is 0 Å². The Labute approximate surface area is 201 Å². The van der Waals surface area contributed by atoms with Gasteiger partial charge < -0.3 is 10.5 Å². The largest absolute Gasteiger partial charge is 0.480 e. The van der Waals surface area contributed by atoms with Crippen molar-refractivity contribution in [3.05, 3.63) is 81.6 Å². The number of aromatic nitrogens is 1. The highest BCUT2D eigenvalue weighted by Gasteiger charge is 2.22. The average Bonchev–Trinajstić information content (AvgIpc) is 3.20. The molecular formula is C24H22ClN5O2S. The molecule has 0 fully saturated rings. The fourth-order valence-electron chi connectivity index (χ4n) is 2.99. The lowest BCUT2D eigenvalue weighted by atomic mass is 10.2. The summed E-state index contributed by atoms with van der Waals surface area (Å²) in [5.74, 6) is -0.00400. The van der Waals surface area contributed by atoms with E-state index in [-0.39, 0.29) is 12.5 Å². The molecule has 0 atom stereocenters. The number of rotatable bonds is 7. The Kier molecular flexibility index (Phi) is 7.83. The van der Waals surface area contributed by atoms with Crippen LogP contribution in [0.4, 0.5) is 16.5 Å². The number of aliphatic imine (C=N–C) groups is 1. The molecule has 1 heterocycles. The number of amides is 1. The van der Waals surface area contributed by atoms with Crippen LogP contribution in [0.3, 0.4) is 0 Å². The van der Waals surface area contributed by atoms with E-state index in [9.17, 15) is 4.79 Å². The van der Waals surface area contributed by atoms with E-state index >= 15 is 0 Å². The predicted octanol–water partition coefficient (Wildman–Crippen LogP) is 5.64. The number of hydrogen-bond donors (Lipinski definition) is 1. The maximum atomic E-state index is 13.2. The molecule has 33 heavy (non-hydrogen) atoms. The topological polar surface area (TPSA) is 105 Å². The van der Waals surface area contributed by atoms with Crippen molar-refractivity contribution in [2.45, 2.75) is 20.8 Å². The SMILES string of the molecule is CC(=Nc1ccc(C#N)c(Cl)c1)C(OCC(=O)N(c1ccccc1)c1nc(C)cs1)=C(C)N. The van der Waals surface area contributed by atoms with Gasteiger partial charge in [0, 0.05) is 11.1 Å². The minimum Gasteiger partial charge on any atom is -0.480 e. The third-order valence-corrected chi connectivity index (χ3v) is 5.71. The number of halogens is 1. The lowest BCUT2D eigenvalue weighted by molar-refractivity contribution is -0.120. The van der Waals surface area contributed by atoms with E-state index in [0.29, 0.717) is 44.3 Å². The van der Waals surface area contributed by atoms with Crippen LogP contribution in [0.1, 0.15) is 25.1 Å². The summed E-state index contributed by atoms with van der Waals surface area (Å²) >= 11 is 7.47. The van der Waals surface area contributed by atoms with Gasteiger partial charge in [-0.15, -0.1) is 11.3 Å². The highest BCUT2D eigenvalue weighted by molar-refractivity contribution is 7.14. The summed E-state index contributed by atoms with van der Waals surface area (Å²) in [6, 6.07) is 16.1. The minimum atomic E-state index is -0.302. The Morgan fingerprint density at radius 1 is 1.27 bits per heavy atom. The number of nitrogens with zero attached hydrogens (tertiary/aromatic N) is 4. The van der Waals surface area contributed by atoms with Gasteiger partial charge in [0.2, 0.25) is 0 Å². The van der Waals surface area contributed by atoms with Gasteiger partial charge in [0.1, 0.15) is 6.07 Å². The summed E-state index contributed by atoms with van der Waals surface area (Å²) in [5, 5.41) is 11.8. The monoisotopic (exact) mass is 479 g/mol. The summed E-state index contributed by atoms with van der Waals surface area (Å²) in [5.41, 5.74) is 9.28. The summed E-state index contributed by atoms with van der Waals surface area (Å²) in [6.45, 7) is 5.00. The number of para-hydroxylation sites is 1. The molecule has 1 aromatic heterocycles. The average molecular weight is 480 g/mol. The first kappa shape index (κ1) is 24.0. The first-order valence-corrected chi connectivity index (χ1v) is 11.2. The molecule has 0 spiro atoms. The molecule has 3 aromatic rings. The van der Waals surface area contributed by atoms with Crippen LogP contribution in [0, 0.1) is 18.3 Å². The molecule has 0 aliphatic heterocycles. The summed E-state index contributed by atoms with van der Waals surface area (Å²) in [6.07, 6.45) is 0. The number of anilines is 2. The fourth-order valence-corrected chi connectivity index (χ4v) is 4.05. The summed E-state index contributed by atoms with van der Waals surface area (Å²) in [4.78, 5) is 23.7. The van der Waals surface area contributed by atoms with E-state index in [4.69, 9.17) is 27.3 Å². The van der Waals surface area contributed by atoms with Gasteiger partial charge in [-0.2, -0.15) is 5.26 Å². The smallest absolute Gasteiger partial charge is 0.271 e. The van der Waals surface area contributed by atoms with Gasteiger partial charge in [0.15, 0.2) is 17.5 Å². The molecule has 0 saturated heterocycles. The molecule has 3 rings (SSSR count). The number of ether oxygens (including phenoxy) is 1. The van der Waals surface area contributed by atoms with Gasteiger partial charge in [-0.05, 0) is 51.1 Å². The number of carbonyl (C=O) groups is 1. The second-order valence-corrected chi connectivity index (χ2v) is 8.35. The first-order valence-electron chi connectivity index (χ1n) is 9.94. The predicted molar refractivity (Wildman–Crippen MR) is 132 cm³/mol. The van der Waals surface area contributed by atoms with Crippen molar-refractivity contribution in [1.82, 2.24) is 4.98 Å². The van der Waals surface area contributed by atoms with Crippen molar-refractivity contribution in [1.29, 1.82) is 5.26 Å². The lowest BCUT2D eigenvalue weighted by Crippen LogP contribution is -2.30. The Morgan fingerprint density at radius 2 is 2.00 bits per heavy atom. The maximum absolute atomic E-state index is 13.2. The number of aryl methyl sites for hydroxylation is 1. The number of thiazole rings is 1. The van der Waals surface area contributed by atoms with Crippen molar-refractivity contribution in [3.8, 4) is 6.07 Å². The third-order valence-electron chi connectivity index (χ3n) is 4.46. The molecule has 0 aliphatic carbocycles. The zero-order chi connectivity index (χ0) is 24.0. The zero-order valence-electron chi connectivity index (χ0n) is 18.4. The molecule has 2 aromatic carbocycles. The van der Waals surface area contributed by atoms with Gasteiger partial charge in [0.05, 0.1) is 33.4 Å². The third kappa shape index (κ3) is 5.98. The van der Waals surface area contributed by atoms with E-state index in [1.165, 1.54) is 16.2 Å². The molecule has 0 saturated carbocycles. The van der Waals surface area contributed by atoms with Crippen molar-refractivity contribution >= 4 is 51.1 Å². The Balaban J connectivity index is 1.82. The maximum Gasteiger partial charge on any atom is 0.271 e. The number of allylic oxidation sites excluding steroid dienone is 2. The normalized spacial score (nSPS) is 12.0. The van der Waals surface area contributed by atoms with E-state index in [0.717, 1.165) is 5.69 Å². The van der Waals surface area contributed by atoms with Crippen molar-refractivity contribution < 1.29 is 9.53 Å². The molecule has 0 radical (unpaired) electrons. The molecule has 1 amide bonds. The lowest BCUT2D eigenvalue weighted by Gasteiger charge is -2.21. The number of carbonyl (C=O) groups excluding carboxylic acids is 1. The quantitative estimate of drug-likeness (QED) is 0.348. The van der Waals surface area contributed by atoms with Crippen LogP contribution in [0.2, 0.25) is 5.02 Å². The highest BCUT2D eigenvalue weighted by Crippen LogP contribution is 2.29. The van der Waals surface area contributed by atoms with Crippen LogP contribution in [-0.4, -0.2) is 23.2 Å². The van der Waals surface area contributed by atoms with Crippen LogP contribution in [0.25, 0.3) is 0 Å². The van der Waals surface area contributed by atoms with Crippen LogP contribution >= 0.6 is 22.9 Å². The molecule has 9 heteroatoms. The molecule has 0 bridgehead atoms. The number of nitriles is 1. The molecular weight excluding hydrogens is 458 g/mol. The van der Waals surface area contributed by atoms with E-state index in [1.54, 1.807) is 32.0 Å². The highest BCUT2D eigenvalue weighted by atomic mass is 35.5. The first-order chi connectivity index (χ1) is 15.8. The molecule has 0 aliphatic rings. The van der Waals surface area contributed by atoms with Crippen LogP contribution in [-0.2, 0) is 9.53 Å². The second kappa shape index (κ2) is 10.8. The number of benzene rings is 2. The van der Waals surface area contributed by atoms with Crippen LogP contribution in [0.15, 0.2) is 70.4 Å². The van der Waals surface area contributed by atoms with Gasteiger partial charge in [-0.3, -0.25) is 9.69 Å². The van der Waals surface area contributed by atoms with Gasteiger partial charge in [0.25, 0.3) is 5.91 Å². The number of nitrogens with two attached hydrogens (primary N) is 1. The van der Waals surface area contributed by atoms with Crippen LogP contribution in [0.5, 0.6) is 0 Å². The van der Waals surface area contributed by atoms with Crippen LogP contribution < -0.4 is 10.6 Å². The summed E-state index contributed by atoms with van der Waals surface area (Å²) in [7, 11) is 0. The van der Waals surface area contributed by atoms with Crippen molar-refractivity contribution in [2.24, 2.45) is 10.7 Å². The fraction of sp³-hybridized carbons (Fsp3) is 0.167. The van der Waals surface area contributed by atoms with Crippen molar-refractivity contribution in [2.75, 3.05) is 11.5 Å². The van der Waals surface area contributed by atoms with Gasteiger partial charge >= 0.3 is 0 Å². The van der Waals surface area contributed by atoms with Gasteiger partial charge in [-0.1, -0.05) is 29.8 Å². The van der Waals surface area contributed by atoms with E-state index in [2.05, 4.69) is 9.98 Å². The molecule has 2 N–H and O–H groups in total. The molecule has 0 unspecified atom stereocenters. The zero-order valence-corrected chi connectivity index (χ0v) is 19.9. The summed E-state index contributed by atoms with van der Waals surface area (Å²) < 4.78 is 5.83. The Hall–Kier alpha value is -3.67. The number of hydrogen-bond acceptors (Lipinski definition) is 7. The van der Waals surface area contributed by atoms with E-state index < -0.39 is 0 Å².